The van der Waals surface area contributed by atoms with E-state index in [9.17, 15) is 4.79 Å². The van der Waals surface area contributed by atoms with E-state index in [2.05, 4.69) is 11.0 Å². The van der Waals surface area contributed by atoms with Crippen LogP contribution in [0.1, 0.15) is 19.3 Å². The molecule has 2 aliphatic heterocycles. The summed E-state index contributed by atoms with van der Waals surface area (Å²) in [5.41, 5.74) is 0. The van der Waals surface area contributed by atoms with Crippen molar-refractivity contribution >= 4 is 5.91 Å². The summed E-state index contributed by atoms with van der Waals surface area (Å²) in [6.07, 6.45) is 2.79. The number of hydrogen-bond donors (Lipinski definition) is 0. The molecule has 4 nitrogen and oxygen atoms in total. The number of rotatable bonds is 1. The minimum absolute atomic E-state index is 0.0923. The van der Waals surface area contributed by atoms with E-state index >= 15 is 0 Å². The Morgan fingerprint density at radius 2 is 1.93 bits per heavy atom. The average molecular weight is 207 g/mol. The highest BCUT2D eigenvalue weighted by Crippen LogP contribution is 2.22. The van der Waals surface area contributed by atoms with Gasteiger partial charge in [0.15, 0.2) is 0 Å². The molecule has 0 bridgehead atoms. The molecule has 2 heterocycles. The van der Waals surface area contributed by atoms with Gasteiger partial charge in [-0.2, -0.15) is 5.26 Å². The van der Waals surface area contributed by atoms with Crippen LogP contribution in [-0.2, 0) is 4.79 Å². The number of carbonyl (C=O) groups excluding carboxylic acids is 1. The molecule has 1 amide bonds. The third kappa shape index (κ3) is 1.98. The molecule has 0 aromatic carbocycles. The van der Waals surface area contributed by atoms with Gasteiger partial charge in [0.2, 0.25) is 5.91 Å². The van der Waals surface area contributed by atoms with Crippen molar-refractivity contribution in [1.29, 1.82) is 5.26 Å². The lowest BCUT2D eigenvalue weighted by Gasteiger charge is -2.32. The van der Waals surface area contributed by atoms with E-state index in [0.29, 0.717) is 0 Å². The monoisotopic (exact) mass is 207 g/mol. The molecule has 2 rings (SSSR count). The summed E-state index contributed by atoms with van der Waals surface area (Å²) in [5, 5.41) is 8.79. The Hall–Kier alpha value is -1.08. The lowest BCUT2D eigenvalue weighted by atomic mass is 9.97. The maximum absolute atomic E-state index is 11.8. The standard InChI is InChI=1S/C11H17N3O/c1-13-5-4-10(11(13)15)14-6-2-9(8-12)3-7-14/h9-10H,2-7H2,1H3. The summed E-state index contributed by atoms with van der Waals surface area (Å²) in [6, 6.07) is 2.41. The zero-order chi connectivity index (χ0) is 10.8. The van der Waals surface area contributed by atoms with Crippen LogP contribution in [0.3, 0.4) is 0 Å². The number of carbonyl (C=O) groups is 1. The van der Waals surface area contributed by atoms with Crippen LogP contribution in [0.2, 0.25) is 0 Å². The number of amides is 1. The van der Waals surface area contributed by atoms with Gasteiger partial charge in [-0.3, -0.25) is 9.69 Å². The number of nitrogens with zero attached hydrogens (tertiary/aromatic N) is 3. The molecule has 0 N–H and O–H groups in total. The van der Waals surface area contributed by atoms with Crippen molar-refractivity contribution in [1.82, 2.24) is 9.80 Å². The third-order valence-electron chi connectivity index (χ3n) is 3.55. The molecule has 0 spiro atoms. The van der Waals surface area contributed by atoms with Gasteiger partial charge in [-0.1, -0.05) is 0 Å². The Labute approximate surface area is 90.5 Å². The Morgan fingerprint density at radius 3 is 2.40 bits per heavy atom. The van der Waals surface area contributed by atoms with Crippen molar-refractivity contribution < 1.29 is 4.79 Å². The van der Waals surface area contributed by atoms with Gasteiger partial charge in [-0.25, -0.2) is 0 Å². The third-order valence-corrected chi connectivity index (χ3v) is 3.55. The minimum atomic E-state index is 0.0923. The van der Waals surface area contributed by atoms with Crippen LogP contribution in [0, 0.1) is 17.2 Å². The molecule has 82 valence electrons. The molecule has 0 radical (unpaired) electrons. The van der Waals surface area contributed by atoms with Crippen LogP contribution in [0.5, 0.6) is 0 Å². The molecular formula is C11H17N3O. The highest BCUT2D eigenvalue weighted by molar-refractivity contribution is 5.83. The number of piperidine rings is 1. The summed E-state index contributed by atoms with van der Waals surface area (Å²) in [6.45, 7) is 2.69. The van der Waals surface area contributed by atoms with E-state index in [1.807, 2.05) is 7.05 Å². The first-order chi connectivity index (χ1) is 7.22. The second kappa shape index (κ2) is 4.19. The predicted molar refractivity (Wildman–Crippen MR) is 56.0 cm³/mol. The fourth-order valence-corrected chi connectivity index (χ4v) is 2.48. The molecular weight excluding hydrogens is 190 g/mol. The highest BCUT2D eigenvalue weighted by Gasteiger charge is 2.35. The molecule has 0 aromatic heterocycles. The van der Waals surface area contributed by atoms with Crippen LogP contribution in [-0.4, -0.2) is 48.4 Å². The van der Waals surface area contributed by atoms with Crippen molar-refractivity contribution in [3.8, 4) is 6.07 Å². The van der Waals surface area contributed by atoms with Crippen molar-refractivity contribution in [2.24, 2.45) is 5.92 Å². The van der Waals surface area contributed by atoms with Gasteiger partial charge in [-0.15, -0.1) is 0 Å². The molecule has 1 unspecified atom stereocenters. The normalized spacial score (nSPS) is 29.5. The zero-order valence-electron chi connectivity index (χ0n) is 9.15. The quantitative estimate of drug-likeness (QED) is 0.627. The van der Waals surface area contributed by atoms with Gasteiger partial charge in [-0.05, 0) is 19.3 Å². The molecule has 15 heavy (non-hydrogen) atoms. The van der Waals surface area contributed by atoms with E-state index in [0.717, 1.165) is 38.9 Å². The van der Waals surface area contributed by atoms with Crippen molar-refractivity contribution in [3.05, 3.63) is 0 Å². The summed E-state index contributed by atoms with van der Waals surface area (Å²) in [7, 11) is 1.87. The number of hydrogen-bond acceptors (Lipinski definition) is 3. The fourth-order valence-electron chi connectivity index (χ4n) is 2.48. The molecule has 0 aromatic rings. The van der Waals surface area contributed by atoms with Crippen LogP contribution in [0.25, 0.3) is 0 Å². The van der Waals surface area contributed by atoms with Gasteiger partial charge in [0.05, 0.1) is 12.1 Å². The minimum Gasteiger partial charge on any atom is -0.344 e. The molecule has 2 saturated heterocycles. The lowest BCUT2D eigenvalue weighted by Crippen LogP contribution is -2.45. The first-order valence-electron chi connectivity index (χ1n) is 5.61. The zero-order valence-corrected chi connectivity index (χ0v) is 9.15. The predicted octanol–water partition coefficient (Wildman–Crippen LogP) is 0.453. The highest BCUT2D eigenvalue weighted by atomic mass is 16.2. The Morgan fingerprint density at radius 1 is 1.27 bits per heavy atom. The van der Waals surface area contributed by atoms with Crippen molar-refractivity contribution in [2.75, 3.05) is 26.7 Å². The molecule has 2 fully saturated rings. The fraction of sp³-hybridized carbons (Fsp3) is 0.818. The summed E-state index contributed by atoms with van der Waals surface area (Å²) in [4.78, 5) is 15.8. The molecule has 2 aliphatic rings. The number of nitriles is 1. The molecule has 1 atom stereocenters. The topological polar surface area (TPSA) is 47.3 Å². The van der Waals surface area contributed by atoms with Gasteiger partial charge >= 0.3 is 0 Å². The first kappa shape index (κ1) is 10.4. The van der Waals surface area contributed by atoms with Crippen LogP contribution >= 0.6 is 0 Å². The van der Waals surface area contributed by atoms with E-state index < -0.39 is 0 Å². The van der Waals surface area contributed by atoms with E-state index in [1.54, 1.807) is 4.90 Å². The average Bonchev–Trinajstić information content (AvgIpc) is 2.60. The largest absolute Gasteiger partial charge is 0.344 e. The van der Waals surface area contributed by atoms with Gasteiger partial charge in [0.1, 0.15) is 0 Å². The molecule has 0 aliphatic carbocycles. The molecule has 0 saturated carbocycles. The summed E-state index contributed by atoms with van der Waals surface area (Å²) in [5.74, 6) is 0.459. The Bertz CT molecular complexity index is 289. The first-order valence-corrected chi connectivity index (χ1v) is 5.61. The van der Waals surface area contributed by atoms with Crippen molar-refractivity contribution in [2.45, 2.75) is 25.3 Å². The maximum Gasteiger partial charge on any atom is 0.239 e. The lowest BCUT2D eigenvalue weighted by molar-refractivity contribution is -0.131. The Balaban J connectivity index is 1.91. The summed E-state index contributed by atoms with van der Waals surface area (Å²) >= 11 is 0. The smallest absolute Gasteiger partial charge is 0.239 e. The van der Waals surface area contributed by atoms with E-state index in [-0.39, 0.29) is 17.9 Å². The SMILES string of the molecule is CN1CCC(N2CCC(C#N)CC2)C1=O. The van der Waals surface area contributed by atoms with E-state index in [1.165, 1.54) is 0 Å². The van der Waals surface area contributed by atoms with Gasteiger partial charge < -0.3 is 4.90 Å². The van der Waals surface area contributed by atoms with Crippen molar-refractivity contribution in [3.63, 3.8) is 0 Å². The van der Waals surface area contributed by atoms with Crippen LogP contribution in [0.4, 0.5) is 0 Å². The van der Waals surface area contributed by atoms with Gasteiger partial charge in [0, 0.05) is 32.6 Å². The van der Waals surface area contributed by atoms with E-state index in [4.69, 9.17) is 5.26 Å². The molecule has 4 heteroatoms. The summed E-state index contributed by atoms with van der Waals surface area (Å²) < 4.78 is 0. The number of likely N-dealkylation sites (N-methyl/N-ethyl adjacent to an activating group) is 1. The second-order valence-electron chi connectivity index (χ2n) is 4.50. The second-order valence-corrected chi connectivity index (χ2v) is 4.50. The number of likely N-dealkylation sites (tertiary alicyclic amines) is 2. The Kier molecular flexibility index (Phi) is 2.92. The maximum atomic E-state index is 11.8. The van der Waals surface area contributed by atoms with Gasteiger partial charge in [0.25, 0.3) is 0 Å². The van der Waals surface area contributed by atoms with Crippen LogP contribution in [0.15, 0.2) is 0 Å². The van der Waals surface area contributed by atoms with Crippen LogP contribution < -0.4 is 0 Å².